The number of aromatic nitrogens is 3. The van der Waals surface area contributed by atoms with E-state index in [0.717, 1.165) is 18.7 Å². The molecule has 0 radical (unpaired) electrons. The van der Waals surface area contributed by atoms with Crippen LogP contribution in [0.3, 0.4) is 0 Å². The van der Waals surface area contributed by atoms with Gasteiger partial charge in [0, 0.05) is 11.5 Å². The summed E-state index contributed by atoms with van der Waals surface area (Å²) in [7, 11) is 1.44. The molecular formula is C13H14FN3O. The molecule has 0 saturated heterocycles. The summed E-state index contributed by atoms with van der Waals surface area (Å²) in [6.45, 7) is 0. The summed E-state index contributed by atoms with van der Waals surface area (Å²) in [5.74, 6) is 1.78. The first-order valence-corrected chi connectivity index (χ1v) is 6.04. The van der Waals surface area contributed by atoms with Gasteiger partial charge in [0.05, 0.1) is 7.11 Å². The Kier molecular flexibility index (Phi) is 2.74. The number of hydrogen-bond acceptors (Lipinski definition) is 3. The summed E-state index contributed by atoms with van der Waals surface area (Å²) in [5.41, 5.74) is 0.662. The van der Waals surface area contributed by atoms with Gasteiger partial charge in [0.1, 0.15) is 5.82 Å². The summed E-state index contributed by atoms with van der Waals surface area (Å²) in [4.78, 5) is 4.42. The number of nitrogens with zero attached hydrogens (tertiary/aromatic N) is 2. The highest BCUT2D eigenvalue weighted by Crippen LogP contribution is 2.35. The zero-order valence-corrected chi connectivity index (χ0v) is 10.1. The maximum atomic E-state index is 13.6. The van der Waals surface area contributed by atoms with Crippen LogP contribution in [0, 0.1) is 5.82 Å². The maximum Gasteiger partial charge on any atom is 0.181 e. The van der Waals surface area contributed by atoms with Crippen molar-refractivity contribution in [1.29, 1.82) is 0 Å². The van der Waals surface area contributed by atoms with Gasteiger partial charge in [0.15, 0.2) is 17.4 Å². The fourth-order valence-corrected chi connectivity index (χ4v) is 2.07. The van der Waals surface area contributed by atoms with Crippen molar-refractivity contribution in [2.45, 2.75) is 25.2 Å². The Morgan fingerprint density at radius 2 is 2.22 bits per heavy atom. The molecule has 18 heavy (non-hydrogen) atoms. The van der Waals surface area contributed by atoms with Crippen LogP contribution in [-0.4, -0.2) is 22.3 Å². The van der Waals surface area contributed by atoms with Crippen LogP contribution in [0.1, 0.15) is 31.0 Å². The van der Waals surface area contributed by atoms with Gasteiger partial charge < -0.3 is 4.74 Å². The van der Waals surface area contributed by atoms with Crippen molar-refractivity contribution in [3.05, 3.63) is 29.8 Å². The molecule has 0 bridgehead atoms. The average molecular weight is 247 g/mol. The molecule has 0 unspecified atom stereocenters. The third kappa shape index (κ3) is 1.85. The van der Waals surface area contributed by atoms with Crippen LogP contribution in [0.5, 0.6) is 5.75 Å². The normalized spacial score (nSPS) is 15.4. The molecule has 5 heteroatoms. The highest BCUT2D eigenvalue weighted by atomic mass is 19.1. The monoisotopic (exact) mass is 247 g/mol. The molecule has 4 nitrogen and oxygen atoms in total. The van der Waals surface area contributed by atoms with Crippen LogP contribution < -0.4 is 4.74 Å². The number of H-pyrrole nitrogens is 1. The number of aromatic amines is 1. The van der Waals surface area contributed by atoms with Gasteiger partial charge in [0.2, 0.25) is 0 Å². The van der Waals surface area contributed by atoms with Crippen LogP contribution in [0.15, 0.2) is 18.2 Å². The minimum Gasteiger partial charge on any atom is -0.494 e. The van der Waals surface area contributed by atoms with E-state index in [0.29, 0.717) is 17.3 Å². The number of methoxy groups -OCH3 is 1. The van der Waals surface area contributed by atoms with Gasteiger partial charge in [-0.25, -0.2) is 9.37 Å². The van der Waals surface area contributed by atoms with E-state index in [-0.39, 0.29) is 5.75 Å². The summed E-state index contributed by atoms with van der Waals surface area (Å²) >= 11 is 0. The van der Waals surface area contributed by atoms with Gasteiger partial charge in [-0.15, -0.1) is 0 Å². The minimum atomic E-state index is -0.398. The molecule has 0 spiro atoms. The molecule has 0 atom stereocenters. The van der Waals surface area contributed by atoms with Crippen molar-refractivity contribution in [3.63, 3.8) is 0 Å². The molecule has 1 aromatic heterocycles. The van der Waals surface area contributed by atoms with Gasteiger partial charge in [-0.05, 0) is 31.0 Å². The second-order valence-corrected chi connectivity index (χ2v) is 4.52. The smallest absolute Gasteiger partial charge is 0.181 e. The fourth-order valence-electron chi connectivity index (χ4n) is 2.07. The van der Waals surface area contributed by atoms with Crippen LogP contribution >= 0.6 is 0 Å². The van der Waals surface area contributed by atoms with Gasteiger partial charge in [-0.3, -0.25) is 5.10 Å². The molecule has 2 aromatic rings. The minimum absolute atomic E-state index is 0.230. The Labute approximate surface area is 104 Å². The number of rotatable bonds is 3. The molecule has 1 fully saturated rings. The van der Waals surface area contributed by atoms with E-state index >= 15 is 0 Å². The molecule has 1 N–H and O–H groups in total. The Morgan fingerprint density at radius 3 is 2.83 bits per heavy atom. The zero-order valence-electron chi connectivity index (χ0n) is 10.1. The van der Waals surface area contributed by atoms with E-state index in [2.05, 4.69) is 15.2 Å². The van der Waals surface area contributed by atoms with Gasteiger partial charge in [-0.1, -0.05) is 6.42 Å². The molecule has 3 rings (SSSR count). The van der Waals surface area contributed by atoms with E-state index in [4.69, 9.17) is 4.74 Å². The molecule has 0 aliphatic heterocycles. The first kappa shape index (κ1) is 11.2. The van der Waals surface area contributed by atoms with E-state index in [1.165, 1.54) is 19.6 Å². The molecule has 1 aromatic carbocycles. The zero-order chi connectivity index (χ0) is 12.5. The largest absolute Gasteiger partial charge is 0.494 e. The second-order valence-electron chi connectivity index (χ2n) is 4.52. The predicted octanol–water partition coefficient (Wildman–Crippen LogP) is 2.89. The number of halogens is 1. The van der Waals surface area contributed by atoms with Gasteiger partial charge in [-0.2, -0.15) is 5.10 Å². The van der Waals surface area contributed by atoms with Crippen LogP contribution in [0.25, 0.3) is 11.4 Å². The number of ether oxygens (including phenoxy) is 1. The van der Waals surface area contributed by atoms with Crippen LogP contribution in [0.4, 0.5) is 4.39 Å². The lowest BCUT2D eigenvalue weighted by atomic mass is 9.85. The molecule has 1 aliphatic carbocycles. The van der Waals surface area contributed by atoms with E-state index in [1.807, 2.05) is 0 Å². The van der Waals surface area contributed by atoms with Crippen molar-refractivity contribution < 1.29 is 9.13 Å². The van der Waals surface area contributed by atoms with Gasteiger partial charge in [0.25, 0.3) is 0 Å². The third-order valence-electron chi connectivity index (χ3n) is 3.40. The van der Waals surface area contributed by atoms with Crippen molar-refractivity contribution in [2.24, 2.45) is 0 Å². The summed E-state index contributed by atoms with van der Waals surface area (Å²) in [6, 6.07) is 4.74. The maximum absolute atomic E-state index is 13.6. The Morgan fingerprint density at radius 1 is 1.39 bits per heavy atom. The van der Waals surface area contributed by atoms with Crippen molar-refractivity contribution >= 4 is 0 Å². The number of hydrogen-bond donors (Lipinski definition) is 1. The van der Waals surface area contributed by atoms with Crippen LogP contribution in [-0.2, 0) is 0 Å². The lowest BCUT2D eigenvalue weighted by molar-refractivity contribution is 0.386. The lowest BCUT2D eigenvalue weighted by Gasteiger charge is -2.22. The van der Waals surface area contributed by atoms with Crippen molar-refractivity contribution in [2.75, 3.05) is 7.11 Å². The topological polar surface area (TPSA) is 50.8 Å². The predicted molar refractivity (Wildman–Crippen MR) is 64.9 cm³/mol. The number of nitrogens with one attached hydrogen (secondary N) is 1. The lowest BCUT2D eigenvalue weighted by Crippen LogP contribution is -2.10. The Hall–Kier alpha value is -1.91. The Balaban J connectivity index is 1.89. The first-order chi connectivity index (χ1) is 8.78. The molecule has 1 heterocycles. The second kappa shape index (κ2) is 4.40. The molecular weight excluding hydrogens is 233 g/mol. The highest BCUT2D eigenvalue weighted by Gasteiger charge is 2.23. The Bertz CT molecular complexity index is 563. The van der Waals surface area contributed by atoms with Crippen LogP contribution in [0.2, 0.25) is 0 Å². The quantitative estimate of drug-likeness (QED) is 0.907. The van der Waals surface area contributed by atoms with Gasteiger partial charge >= 0.3 is 0 Å². The molecule has 1 aliphatic rings. The molecule has 1 saturated carbocycles. The van der Waals surface area contributed by atoms with E-state index in [9.17, 15) is 4.39 Å². The van der Waals surface area contributed by atoms with Crippen molar-refractivity contribution in [3.8, 4) is 17.1 Å². The third-order valence-corrected chi connectivity index (χ3v) is 3.40. The summed E-state index contributed by atoms with van der Waals surface area (Å²) < 4.78 is 18.5. The van der Waals surface area contributed by atoms with E-state index in [1.54, 1.807) is 12.1 Å². The standard InChI is InChI=1S/C13H14FN3O/c1-18-11-6-5-9(7-10(11)14)13-15-12(16-17-13)8-3-2-4-8/h5-8H,2-4H2,1H3,(H,15,16,17). The average Bonchev–Trinajstić information content (AvgIpc) is 2.76. The highest BCUT2D eigenvalue weighted by molar-refractivity contribution is 5.56. The summed E-state index contributed by atoms with van der Waals surface area (Å²) in [5, 5.41) is 7.08. The van der Waals surface area contributed by atoms with Crippen molar-refractivity contribution in [1.82, 2.24) is 15.2 Å². The molecule has 94 valence electrons. The fraction of sp³-hybridized carbons (Fsp3) is 0.385. The first-order valence-electron chi connectivity index (χ1n) is 6.04. The summed E-state index contributed by atoms with van der Waals surface area (Å²) in [6.07, 6.45) is 3.56. The number of benzene rings is 1. The van der Waals surface area contributed by atoms with E-state index < -0.39 is 5.82 Å². The SMILES string of the molecule is COc1ccc(-c2n[nH]c(C3CCC3)n2)cc1F. The molecule has 0 amide bonds.